The number of oxime groups is 1. The molecule has 328 valence electrons. The average molecular weight is 861 g/mol. The molecule has 2 heterocycles. The van der Waals surface area contributed by atoms with Crippen molar-refractivity contribution in [2.24, 2.45) is 22.9 Å². The molecule has 4 aromatic carbocycles. The van der Waals surface area contributed by atoms with E-state index in [9.17, 15) is 15.0 Å². The molecule has 0 radical (unpaired) electrons. The van der Waals surface area contributed by atoms with Crippen molar-refractivity contribution in [2.75, 3.05) is 39.7 Å². The van der Waals surface area contributed by atoms with Gasteiger partial charge in [0.15, 0.2) is 0 Å². The minimum Gasteiger partial charge on any atom is -0.459 e. The Balaban J connectivity index is 1.30. The molecule has 4 aliphatic rings. The monoisotopic (exact) mass is 860 g/mol. The number of hydrogen-bond donors (Lipinski definition) is 2. The highest BCUT2D eigenvalue weighted by molar-refractivity contribution is 7.98. The Labute approximate surface area is 369 Å². The number of rotatable bonds is 18. The average Bonchev–Trinajstić information content (AvgIpc) is 3.31. The van der Waals surface area contributed by atoms with Crippen LogP contribution in [0.15, 0.2) is 119 Å². The third kappa shape index (κ3) is 9.19. The van der Waals surface area contributed by atoms with Crippen LogP contribution in [0.2, 0.25) is 0 Å². The molecule has 11 heteroatoms. The lowest BCUT2D eigenvalue weighted by atomic mass is 9.55. The van der Waals surface area contributed by atoms with Gasteiger partial charge in [0.2, 0.25) is 12.1 Å². The van der Waals surface area contributed by atoms with Crippen molar-refractivity contribution in [3.8, 4) is 17.2 Å². The van der Waals surface area contributed by atoms with Crippen molar-refractivity contribution in [3.63, 3.8) is 0 Å². The SMILES string of the molecule is C=CCOC12Oc3ccc(Oc4ccc(SC)cc4)cc3C3C(CCCCO)C(CCCCO)C=C(C(=NOC4CCCCO4)CC1N(C)C(=O)c1ccc4ccccc4c1)C32. The van der Waals surface area contributed by atoms with E-state index in [0.717, 1.165) is 83.2 Å². The fourth-order valence-electron chi connectivity index (χ4n) is 10.2. The number of benzene rings is 4. The van der Waals surface area contributed by atoms with Crippen molar-refractivity contribution < 1.29 is 38.8 Å². The third-order valence-electron chi connectivity index (χ3n) is 13.1. The summed E-state index contributed by atoms with van der Waals surface area (Å²) in [6, 6.07) is 27.3. The van der Waals surface area contributed by atoms with E-state index in [-0.39, 0.29) is 43.5 Å². The van der Waals surface area contributed by atoms with Crippen molar-refractivity contribution in [2.45, 2.75) is 93.1 Å². The molecule has 7 unspecified atom stereocenters. The van der Waals surface area contributed by atoms with Crippen molar-refractivity contribution >= 4 is 34.2 Å². The number of nitrogens with zero attached hydrogens (tertiary/aromatic N) is 2. The van der Waals surface area contributed by atoms with E-state index in [1.165, 1.54) is 0 Å². The molecular formula is C51H60N2O8S. The Morgan fingerprint density at radius 3 is 2.47 bits per heavy atom. The molecular weight excluding hydrogens is 801 g/mol. The first kappa shape index (κ1) is 44.0. The van der Waals surface area contributed by atoms with E-state index < -0.39 is 24.0 Å². The quantitative estimate of drug-likeness (QED) is 0.0436. The number of aliphatic hydroxyl groups excluding tert-OH is 2. The van der Waals surface area contributed by atoms with Gasteiger partial charge in [-0.25, -0.2) is 0 Å². The van der Waals surface area contributed by atoms with Gasteiger partial charge < -0.3 is 38.9 Å². The largest absolute Gasteiger partial charge is 0.459 e. The van der Waals surface area contributed by atoms with Crippen LogP contribution in [0, 0.1) is 17.8 Å². The molecule has 4 aromatic rings. The summed E-state index contributed by atoms with van der Waals surface area (Å²) in [4.78, 5) is 24.1. The topological polar surface area (TPSA) is 119 Å². The number of thioether (sulfide) groups is 1. The summed E-state index contributed by atoms with van der Waals surface area (Å²) >= 11 is 1.68. The number of ether oxygens (including phenoxy) is 4. The maximum Gasteiger partial charge on any atom is 0.254 e. The van der Waals surface area contributed by atoms with Crippen LogP contribution in [0.3, 0.4) is 0 Å². The second-order valence-corrected chi connectivity index (χ2v) is 17.8. The number of allylic oxidation sites excluding steroid dienone is 1. The number of hydrogen-bond acceptors (Lipinski definition) is 10. The van der Waals surface area contributed by atoms with Crippen LogP contribution in [0.5, 0.6) is 17.2 Å². The van der Waals surface area contributed by atoms with Gasteiger partial charge in [0.25, 0.3) is 5.91 Å². The van der Waals surface area contributed by atoms with Crippen molar-refractivity contribution in [3.05, 3.63) is 120 Å². The number of amides is 1. The molecule has 0 bridgehead atoms. The molecule has 1 saturated heterocycles. The fourth-order valence-corrected chi connectivity index (χ4v) is 10.6. The summed E-state index contributed by atoms with van der Waals surface area (Å²) in [5.74, 6) is 0.158. The summed E-state index contributed by atoms with van der Waals surface area (Å²) in [7, 11) is 1.84. The lowest BCUT2D eigenvalue weighted by Crippen LogP contribution is -2.69. The van der Waals surface area contributed by atoms with Crippen LogP contribution >= 0.6 is 11.8 Å². The summed E-state index contributed by atoms with van der Waals surface area (Å²) < 4.78 is 27.0. The Hall–Kier alpha value is -4.65. The molecule has 2 aliphatic carbocycles. The molecule has 0 spiro atoms. The van der Waals surface area contributed by atoms with Gasteiger partial charge >= 0.3 is 0 Å². The van der Waals surface area contributed by atoms with Crippen molar-refractivity contribution in [1.82, 2.24) is 4.90 Å². The highest BCUT2D eigenvalue weighted by Crippen LogP contribution is 2.62. The minimum atomic E-state index is -1.36. The van der Waals surface area contributed by atoms with Gasteiger partial charge in [0.1, 0.15) is 23.3 Å². The van der Waals surface area contributed by atoms with Gasteiger partial charge in [0.05, 0.1) is 24.8 Å². The summed E-state index contributed by atoms with van der Waals surface area (Å²) in [5, 5.41) is 26.9. The van der Waals surface area contributed by atoms with E-state index in [2.05, 4.69) is 37.1 Å². The smallest absolute Gasteiger partial charge is 0.254 e. The zero-order chi connectivity index (χ0) is 43.1. The summed E-state index contributed by atoms with van der Waals surface area (Å²) in [6.45, 7) is 5.09. The molecule has 2 N–H and O–H groups in total. The lowest BCUT2D eigenvalue weighted by molar-refractivity contribution is -0.252. The first-order valence-electron chi connectivity index (χ1n) is 22.3. The number of carbonyl (C=O) groups is 1. The Morgan fingerprint density at radius 2 is 1.73 bits per heavy atom. The standard InChI is InChI=1S/C51H60N2O8S/c1-4-28-58-51-46(53(2)50(56)37-19-18-34-13-5-6-14-35(34)30-37)33-44(52-61-47-17-9-12-29-57-47)42-31-36(15-7-10-26-54)41(16-8-11-27-55)48(49(42)51)43-32-39(22-25-45(43)60-51)59-38-20-23-40(62-3)24-21-38/h4-6,13-14,18-25,30-32,36,41,46-49,54-55H,1,7-12,15-17,26-29,33H2,2-3H3. The predicted molar refractivity (Wildman–Crippen MR) is 244 cm³/mol. The maximum atomic E-state index is 14.9. The highest BCUT2D eigenvalue weighted by Gasteiger charge is 2.65. The summed E-state index contributed by atoms with van der Waals surface area (Å²) in [6.07, 6.45) is 13.5. The normalized spacial score (nSPS) is 25.9. The van der Waals surface area contributed by atoms with Crippen molar-refractivity contribution in [1.29, 1.82) is 0 Å². The van der Waals surface area contributed by atoms with Gasteiger partial charge in [-0.1, -0.05) is 60.5 Å². The predicted octanol–water partition coefficient (Wildman–Crippen LogP) is 10.3. The zero-order valence-electron chi connectivity index (χ0n) is 36.0. The molecule has 2 aliphatic heterocycles. The van der Waals surface area contributed by atoms with Gasteiger partial charge in [-0.05, 0) is 128 Å². The lowest BCUT2D eigenvalue weighted by Gasteiger charge is -2.59. The van der Waals surface area contributed by atoms with Gasteiger partial charge in [0, 0.05) is 55.0 Å². The van der Waals surface area contributed by atoms with Crippen LogP contribution in [-0.4, -0.2) is 84.6 Å². The van der Waals surface area contributed by atoms with E-state index >= 15 is 0 Å². The van der Waals surface area contributed by atoms with Gasteiger partial charge in [-0.15, -0.1) is 18.3 Å². The van der Waals surface area contributed by atoms with Crippen LogP contribution in [0.4, 0.5) is 0 Å². The van der Waals surface area contributed by atoms with Crippen LogP contribution in [-0.2, 0) is 14.3 Å². The number of carbonyl (C=O) groups excluding carboxylic acids is 1. The summed E-state index contributed by atoms with van der Waals surface area (Å²) in [5.41, 5.74) is 3.28. The zero-order valence-corrected chi connectivity index (χ0v) is 36.8. The first-order valence-corrected chi connectivity index (χ1v) is 23.5. The Kier molecular flexibility index (Phi) is 14.4. The first-order chi connectivity index (χ1) is 30.4. The van der Waals surface area contributed by atoms with E-state index in [4.69, 9.17) is 28.9 Å². The molecule has 8 rings (SSSR count). The molecule has 1 amide bonds. The van der Waals surface area contributed by atoms with E-state index in [1.807, 2.05) is 73.8 Å². The number of unbranched alkanes of at least 4 members (excludes halogenated alkanes) is 2. The number of aliphatic hydroxyl groups is 2. The van der Waals surface area contributed by atoms with Crippen LogP contribution in [0.25, 0.3) is 10.8 Å². The molecule has 7 atom stereocenters. The molecule has 62 heavy (non-hydrogen) atoms. The molecule has 10 nitrogen and oxygen atoms in total. The van der Waals surface area contributed by atoms with E-state index in [0.29, 0.717) is 42.9 Å². The third-order valence-corrected chi connectivity index (χ3v) is 13.9. The Bertz CT molecular complexity index is 2240. The van der Waals surface area contributed by atoms with E-state index in [1.54, 1.807) is 22.7 Å². The molecule has 0 aromatic heterocycles. The highest BCUT2D eigenvalue weighted by atomic mass is 32.2. The number of likely N-dealkylation sites (N-methyl/N-ethyl adjacent to an activating group) is 1. The van der Waals surface area contributed by atoms with Crippen LogP contribution in [0.1, 0.15) is 86.0 Å². The molecule has 2 fully saturated rings. The fraction of sp³-hybridized carbons (Fsp3) is 0.451. The second-order valence-electron chi connectivity index (χ2n) is 16.9. The molecule has 1 saturated carbocycles. The second kappa shape index (κ2) is 20.2. The van der Waals surface area contributed by atoms with Gasteiger partial charge in [-0.2, -0.15) is 0 Å². The number of fused-ring (bicyclic) bond motifs is 3. The van der Waals surface area contributed by atoms with Gasteiger partial charge in [-0.3, -0.25) is 4.79 Å². The minimum absolute atomic E-state index is 0.0866. The Morgan fingerprint density at radius 1 is 0.952 bits per heavy atom. The van der Waals surface area contributed by atoms with Crippen LogP contribution < -0.4 is 9.47 Å². The maximum absolute atomic E-state index is 14.9.